The molecule has 7 heteroatoms. The van der Waals surface area contributed by atoms with Gasteiger partial charge in [-0.25, -0.2) is 9.37 Å². The Hall–Kier alpha value is -1.14. The minimum Gasteiger partial charge on any atom is -0.224 e. The highest BCUT2D eigenvalue weighted by Gasteiger charge is 2.34. The Kier molecular flexibility index (Phi) is 3.09. The standard InChI is InChI=1S/C10H4ClF4NS/c11-8-4-17-9(16-8)5-1-2-7(12)6(3-5)10(13,14)15/h1-4H. The molecule has 17 heavy (non-hydrogen) atoms. The molecular weight excluding hydrogens is 278 g/mol. The van der Waals surface area contributed by atoms with Crippen molar-refractivity contribution in [3.05, 3.63) is 40.1 Å². The van der Waals surface area contributed by atoms with Crippen molar-refractivity contribution in [3.8, 4) is 10.6 Å². The van der Waals surface area contributed by atoms with Gasteiger partial charge >= 0.3 is 6.18 Å². The highest BCUT2D eigenvalue weighted by Crippen LogP contribution is 2.35. The predicted octanol–water partition coefficient (Wildman–Crippen LogP) is 4.62. The van der Waals surface area contributed by atoms with E-state index in [0.29, 0.717) is 5.01 Å². The lowest BCUT2D eigenvalue weighted by atomic mass is 10.1. The third kappa shape index (κ3) is 2.58. The van der Waals surface area contributed by atoms with Crippen molar-refractivity contribution >= 4 is 22.9 Å². The summed E-state index contributed by atoms with van der Waals surface area (Å²) in [6, 6.07) is 2.73. The summed E-state index contributed by atoms with van der Waals surface area (Å²) in [5.74, 6) is -1.30. The van der Waals surface area contributed by atoms with E-state index < -0.39 is 17.6 Å². The van der Waals surface area contributed by atoms with Gasteiger partial charge in [0.25, 0.3) is 0 Å². The van der Waals surface area contributed by atoms with E-state index in [1.165, 1.54) is 11.4 Å². The third-order valence-electron chi connectivity index (χ3n) is 1.99. The van der Waals surface area contributed by atoms with Crippen LogP contribution in [0.3, 0.4) is 0 Å². The van der Waals surface area contributed by atoms with Gasteiger partial charge in [-0.3, -0.25) is 0 Å². The zero-order valence-corrected chi connectivity index (χ0v) is 9.63. The molecule has 0 amide bonds. The molecule has 0 radical (unpaired) electrons. The van der Waals surface area contributed by atoms with Crippen LogP contribution in [0.5, 0.6) is 0 Å². The molecule has 0 unspecified atom stereocenters. The summed E-state index contributed by atoms with van der Waals surface area (Å²) >= 11 is 6.67. The number of benzene rings is 1. The van der Waals surface area contributed by atoms with E-state index in [1.54, 1.807) is 0 Å². The van der Waals surface area contributed by atoms with Gasteiger partial charge in [0, 0.05) is 10.9 Å². The minimum absolute atomic E-state index is 0.190. The molecule has 1 nitrogen and oxygen atoms in total. The van der Waals surface area contributed by atoms with E-state index >= 15 is 0 Å². The lowest BCUT2D eigenvalue weighted by Gasteiger charge is -2.08. The zero-order chi connectivity index (χ0) is 12.6. The van der Waals surface area contributed by atoms with E-state index in [-0.39, 0.29) is 10.7 Å². The van der Waals surface area contributed by atoms with Crippen LogP contribution in [0.15, 0.2) is 23.6 Å². The largest absolute Gasteiger partial charge is 0.419 e. The first kappa shape index (κ1) is 12.3. The molecule has 1 aromatic heterocycles. The topological polar surface area (TPSA) is 12.9 Å². The van der Waals surface area contributed by atoms with Crippen LogP contribution in [-0.4, -0.2) is 4.98 Å². The van der Waals surface area contributed by atoms with Crippen molar-refractivity contribution in [1.29, 1.82) is 0 Å². The van der Waals surface area contributed by atoms with Gasteiger partial charge in [-0.15, -0.1) is 11.3 Å². The molecule has 90 valence electrons. The van der Waals surface area contributed by atoms with Crippen LogP contribution in [0.4, 0.5) is 17.6 Å². The van der Waals surface area contributed by atoms with Gasteiger partial charge in [0.15, 0.2) is 0 Å². The number of alkyl halides is 3. The average Bonchev–Trinajstić information content (AvgIpc) is 2.64. The Morgan fingerprint density at radius 3 is 2.47 bits per heavy atom. The number of nitrogens with zero attached hydrogens (tertiary/aromatic N) is 1. The molecule has 1 aromatic carbocycles. The second-order valence-corrected chi connectivity index (χ2v) is 4.41. The van der Waals surface area contributed by atoms with Crippen molar-refractivity contribution in [2.45, 2.75) is 6.18 Å². The maximum Gasteiger partial charge on any atom is 0.419 e. The van der Waals surface area contributed by atoms with Gasteiger partial charge in [-0.1, -0.05) is 11.6 Å². The monoisotopic (exact) mass is 281 g/mol. The second kappa shape index (κ2) is 4.27. The van der Waals surface area contributed by atoms with Gasteiger partial charge in [-0.05, 0) is 18.2 Å². The molecule has 2 aromatic rings. The van der Waals surface area contributed by atoms with Crippen LogP contribution >= 0.6 is 22.9 Å². The molecule has 0 atom stereocenters. The quantitative estimate of drug-likeness (QED) is 0.695. The summed E-state index contributed by atoms with van der Waals surface area (Å²) < 4.78 is 50.4. The Morgan fingerprint density at radius 1 is 1.24 bits per heavy atom. The molecule has 2 rings (SSSR count). The van der Waals surface area contributed by atoms with Gasteiger partial charge in [0.2, 0.25) is 0 Å². The fourth-order valence-electron chi connectivity index (χ4n) is 1.26. The maximum absolute atomic E-state index is 13.0. The van der Waals surface area contributed by atoms with E-state index in [1.807, 2.05) is 0 Å². The number of rotatable bonds is 1. The van der Waals surface area contributed by atoms with Crippen molar-refractivity contribution in [1.82, 2.24) is 4.98 Å². The molecule has 0 bridgehead atoms. The van der Waals surface area contributed by atoms with E-state index in [0.717, 1.165) is 23.5 Å². The molecular formula is C10H4ClF4NS. The highest BCUT2D eigenvalue weighted by molar-refractivity contribution is 7.13. The maximum atomic E-state index is 13.0. The van der Waals surface area contributed by atoms with Gasteiger partial charge < -0.3 is 0 Å². The molecule has 0 N–H and O–H groups in total. The van der Waals surface area contributed by atoms with E-state index in [4.69, 9.17) is 11.6 Å². The number of hydrogen-bond donors (Lipinski definition) is 0. The van der Waals surface area contributed by atoms with E-state index in [9.17, 15) is 17.6 Å². The lowest BCUT2D eigenvalue weighted by Crippen LogP contribution is -2.08. The Morgan fingerprint density at radius 2 is 1.94 bits per heavy atom. The zero-order valence-electron chi connectivity index (χ0n) is 8.05. The third-order valence-corrected chi connectivity index (χ3v) is 3.21. The average molecular weight is 282 g/mol. The summed E-state index contributed by atoms with van der Waals surface area (Å²) in [5, 5.41) is 2.01. The van der Waals surface area contributed by atoms with Gasteiger partial charge in [-0.2, -0.15) is 13.2 Å². The van der Waals surface area contributed by atoms with Crippen molar-refractivity contribution in [3.63, 3.8) is 0 Å². The summed E-state index contributed by atoms with van der Waals surface area (Å²) in [7, 11) is 0. The van der Waals surface area contributed by atoms with Crippen LogP contribution in [0.1, 0.15) is 5.56 Å². The van der Waals surface area contributed by atoms with Gasteiger partial charge in [0.05, 0.1) is 5.56 Å². The first-order valence-electron chi connectivity index (χ1n) is 4.36. The Labute approximate surface area is 103 Å². The van der Waals surface area contributed by atoms with Crippen molar-refractivity contribution < 1.29 is 17.6 Å². The summed E-state index contributed by atoms with van der Waals surface area (Å²) in [6.07, 6.45) is -4.72. The number of thiazole rings is 1. The highest BCUT2D eigenvalue weighted by atomic mass is 35.5. The van der Waals surface area contributed by atoms with Crippen LogP contribution < -0.4 is 0 Å². The first-order valence-corrected chi connectivity index (χ1v) is 5.62. The van der Waals surface area contributed by atoms with Crippen LogP contribution in [0.25, 0.3) is 10.6 Å². The Balaban J connectivity index is 2.51. The van der Waals surface area contributed by atoms with Gasteiger partial charge in [0.1, 0.15) is 16.0 Å². The van der Waals surface area contributed by atoms with Crippen LogP contribution in [0, 0.1) is 5.82 Å². The molecule has 0 aliphatic heterocycles. The predicted molar refractivity (Wildman–Crippen MR) is 57.5 cm³/mol. The summed E-state index contributed by atoms with van der Waals surface area (Å²) in [6.45, 7) is 0. The number of halogens is 5. The first-order chi connectivity index (χ1) is 7.88. The molecule has 0 aliphatic carbocycles. The smallest absolute Gasteiger partial charge is 0.224 e. The second-order valence-electron chi connectivity index (χ2n) is 3.17. The molecule has 1 heterocycles. The van der Waals surface area contributed by atoms with Crippen molar-refractivity contribution in [2.24, 2.45) is 0 Å². The fraction of sp³-hybridized carbons (Fsp3) is 0.100. The van der Waals surface area contributed by atoms with Crippen LogP contribution in [0.2, 0.25) is 5.15 Å². The summed E-state index contributed by atoms with van der Waals surface area (Å²) in [4.78, 5) is 3.83. The SMILES string of the molecule is Fc1ccc(-c2nc(Cl)cs2)cc1C(F)(F)F. The Bertz CT molecular complexity index is 549. The molecule has 0 saturated heterocycles. The molecule has 0 saturated carbocycles. The fourth-order valence-corrected chi connectivity index (χ4v) is 2.21. The number of aromatic nitrogens is 1. The molecule has 0 spiro atoms. The minimum atomic E-state index is -4.72. The van der Waals surface area contributed by atoms with E-state index in [2.05, 4.69) is 4.98 Å². The normalized spacial score (nSPS) is 11.8. The molecule has 0 aliphatic rings. The van der Waals surface area contributed by atoms with Crippen molar-refractivity contribution in [2.75, 3.05) is 0 Å². The summed E-state index contributed by atoms with van der Waals surface area (Å²) in [5.41, 5.74) is -1.11. The lowest BCUT2D eigenvalue weighted by molar-refractivity contribution is -0.139. The number of hydrogen-bond acceptors (Lipinski definition) is 2. The van der Waals surface area contributed by atoms with Crippen LogP contribution in [-0.2, 0) is 6.18 Å². The molecule has 0 fully saturated rings.